The highest BCUT2D eigenvalue weighted by Gasteiger charge is 2.28. The summed E-state index contributed by atoms with van der Waals surface area (Å²) in [6.07, 6.45) is 3.21. The lowest BCUT2D eigenvalue weighted by molar-refractivity contribution is 0.332. The van der Waals surface area contributed by atoms with Crippen molar-refractivity contribution in [1.82, 2.24) is 0 Å². The Morgan fingerprint density at radius 2 is 2.11 bits per heavy atom. The summed E-state index contributed by atoms with van der Waals surface area (Å²) in [5.74, 6) is -0.197. The van der Waals surface area contributed by atoms with E-state index in [0.29, 0.717) is 5.02 Å². The van der Waals surface area contributed by atoms with Gasteiger partial charge in [0, 0.05) is 15.0 Å². The third kappa shape index (κ3) is 3.08. The largest absolute Gasteiger partial charge is 0.206 e. The van der Waals surface area contributed by atoms with Gasteiger partial charge in [-0.1, -0.05) is 59.7 Å². The molecular formula is C15H17ClFI. The molecule has 0 atom stereocenters. The van der Waals surface area contributed by atoms with E-state index >= 15 is 0 Å². The van der Waals surface area contributed by atoms with Crippen LogP contribution in [0.15, 0.2) is 23.8 Å². The first-order chi connectivity index (χ1) is 8.43. The molecule has 0 nitrogen and oxygen atoms in total. The molecule has 0 heterocycles. The van der Waals surface area contributed by atoms with Gasteiger partial charge in [0.1, 0.15) is 5.82 Å². The van der Waals surface area contributed by atoms with Crippen molar-refractivity contribution in [3.63, 3.8) is 0 Å². The van der Waals surface area contributed by atoms with E-state index < -0.39 is 0 Å². The van der Waals surface area contributed by atoms with E-state index in [1.165, 1.54) is 23.6 Å². The van der Waals surface area contributed by atoms with Crippen LogP contribution in [0.2, 0.25) is 5.02 Å². The Morgan fingerprint density at radius 1 is 1.39 bits per heavy atom. The number of halogens is 3. The highest BCUT2D eigenvalue weighted by Crippen LogP contribution is 2.44. The van der Waals surface area contributed by atoms with E-state index in [4.69, 9.17) is 11.6 Å². The van der Waals surface area contributed by atoms with Gasteiger partial charge in [0.25, 0.3) is 0 Å². The maximum atomic E-state index is 14.1. The third-order valence-electron chi connectivity index (χ3n) is 3.60. The summed E-state index contributed by atoms with van der Waals surface area (Å²) in [6.45, 7) is 4.51. The predicted molar refractivity (Wildman–Crippen MR) is 84.8 cm³/mol. The van der Waals surface area contributed by atoms with Crippen molar-refractivity contribution < 1.29 is 4.39 Å². The molecule has 1 aromatic carbocycles. The van der Waals surface area contributed by atoms with Crippen LogP contribution in [0.25, 0.3) is 5.57 Å². The van der Waals surface area contributed by atoms with Gasteiger partial charge in [0.2, 0.25) is 0 Å². The van der Waals surface area contributed by atoms with Crippen LogP contribution in [0, 0.1) is 11.2 Å². The van der Waals surface area contributed by atoms with Crippen LogP contribution in [0.1, 0.15) is 38.7 Å². The minimum Gasteiger partial charge on any atom is -0.206 e. The monoisotopic (exact) mass is 378 g/mol. The van der Waals surface area contributed by atoms with Gasteiger partial charge in [-0.05, 0) is 42.4 Å². The van der Waals surface area contributed by atoms with Gasteiger partial charge < -0.3 is 0 Å². The molecule has 2 rings (SSSR count). The Morgan fingerprint density at radius 3 is 2.72 bits per heavy atom. The van der Waals surface area contributed by atoms with Crippen LogP contribution in [0.3, 0.4) is 0 Å². The van der Waals surface area contributed by atoms with Gasteiger partial charge in [-0.2, -0.15) is 0 Å². The minimum absolute atomic E-state index is 0.197. The second kappa shape index (κ2) is 5.49. The van der Waals surface area contributed by atoms with Gasteiger partial charge in [-0.15, -0.1) is 0 Å². The lowest BCUT2D eigenvalue weighted by Crippen LogP contribution is -2.19. The average molecular weight is 379 g/mol. The lowest BCUT2D eigenvalue weighted by Gasteiger charge is -2.33. The maximum absolute atomic E-state index is 14.1. The first-order valence-corrected chi connectivity index (χ1v) is 8.05. The van der Waals surface area contributed by atoms with Crippen LogP contribution >= 0.6 is 34.2 Å². The molecule has 18 heavy (non-hydrogen) atoms. The summed E-state index contributed by atoms with van der Waals surface area (Å²) >= 11 is 8.20. The van der Waals surface area contributed by atoms with Crippen LogP contribution in [-0.4, -0.2) is 4.43 Å². The zero-order valence-electron chi connectivity index (χ0n) is 10.7. The van der Waals surface area contributed by atoms with Crippen molar-refractivity contribution in [2.24, 2.45) is 5.41 Å². The molecule has 0 spiro atoms. The minimum atomic E-state index is -0.197. The van der Waals surface area contributed by atoms with Crippen molar-refractivity contribution in [1.29, 1.82) is 0 Å². The fourth-order valence-electron chi connectivity index (χ4n) is 2.50. The Bertz CT molecular complexity index is 491. The van der Waals surface area contributed by atoms with Crippen LogP contribution in [-0.2, 0) is 0 Å². The summed E-state index contributed by atoms with van der Waals surface area (Å²) in [7, 11) is 0. The summed E-state index contributed by atoms with van der Waals surface area (Å²) in [5.41, 5.74) is 3.57. The first kappa shape index (κ1) is 14.3. The van der Waals surface area contributed by atoms with Gasteiger partial charge in [-0.3, -0.25) is 0 Å². The highest BCUT2D eigenvalue weighted by atomic mass is 127. The van der Waals surface area contributed by atoms with Gasteiger partial charge >= 0.3 is 0 Å². The van der Waals surface area contributed by atoms with Crippen LogP contribution in [0.5, 0.6) is 0 Å². The average Bonchev–Trinajstić information content (AvgIpc) is 2.28. The molecule has 0 N–H and O–H groups in total. The number of hydrogen-bond acceptors (Lipinski definition) is 0. The second-order valence-electron chi connectivity index (χ2n) is 5.68. The smallest absolute Gasteiger partial charge is 0.132 e. The zero-order chi connectivity index (χ0) is 13.3. The zero-order valence-corrected chi connectivity index (χ0v) is 13.6. The first-order valence-electron chi connectivity index (χ1n) is 6.15. The van der Waals surface area contributed by atoms with Crippen LogP contribution < -0.4 is 0 Å². The van der Waals surface area contributed by atoms with E-state index in [1.807, 2.05) is 6.07 Å². The van der Waals surface area contributed by atoms with Gasteiger partial charge in [-0.25, -0.2) is 4.39 Å². The highest BCUT2D eigenvalue weighted by molar-refractivity contribution is 14.1. The van der Waals surface area contributed by atoms with E-state index in [1.54, 1.807) is 6.07 Å². The molecule has 1 aliphatic rings. The summed E-state index contributed by atoms with van der Waals surface area (Å²) in [4.78, 5) is 0. The lowest BCUT2D eigenvalue weighted by atomic mass is 9.73. The molecule has 0 aliphatic heterocycles. The molecule has 0 aromatic heterocycles. The topological polar surface area (TPSA) is 0 Å². The number of rotatable bonds is 2. The molecule has 0 saturated carbocycles. The Balaban J connectivity index is 2.48. The molecule has 0 bridgehead atoms. The van der Waals surface area contributed by atoms with Crippen molar-refractivity contribution in [3.8, 4) is 0 Å². The standard InChI is InChI=1S/C15H17ClFI/c1-15(2)6-5-10(9-18)13(8-15)12-4-3-11(16)7-14(12)17/h3-4,7H,5-6,8-9H2,1-2H3. The SMILES string of the molecule is CC1(C)CCC(CI)=C(c2ccc(Cl)cc2F)C1. The van der Waals surface area contributed by atoms with Gasteiger partial charge in [0.05, 0.1) is 0 Å². The van der Waals surface area contributed by atoms with Crippen molar-refractivity contribution in [2.45, 2.75) is 33.1 Å². The Kier molecular flexibility index (Phi) is 4.37. The van der Waals surface area contributed by atoms with Crippen molar-refractivity contribution in [3.05, 3.63) is 40.2 Å². The number of hydrogen-bond donors (Lipinski definition) is 0. The van der Waals surface area contributed by atoms with Gasteiger partial charge in [0.15, 0.2) is 0 Å². The van der Waals surface area contributed by atoms with E-state index in [0.717, 1.165) is 22.8 Å². The van der Waals surface area contributed by atoms with Crippen molar-refractivity contribution >= 4 is 39.8 Å². The van der Waals surface area contributed by atoms with Crippen LogP contribution in [0.4, 0.5) is 4.39 Å². The molecule has 0 fully saturated rings. The molecule has 1 aromatic rings. The molecular weight excluding hydrogens is 362 g/mol. The fourth-order valence-corrected chi connectivity index (χ4v) is 3.50. The molecule has 3 heteroatoms. The molecule has 0 unspecified atom stereocenters. The third-order valence-corrected chi connectivity index (χ3v) is 4.76. The summed E-state index contributed by atoms with van der Waals surface area (Å²) in [6, 6.07) is 5.01. The number of allylic oxidation sites excluding steroid dienone is 2. The predicted octanol–water partition coefficient (Wildman–Crippen LogP) is 5.88. The second-order valence-corrected chi connectivity index (χ2v) is 6.88. The van der Waals surface area contributed by atoms with Crippen molar-refractivity contribution in [2.75, 3.05) is 4.43 Å². The molecule has 98 valence electrons. The summed E-state index contributed by atoms with van der Waals surface area (Å²) < 4.78 is 15.1. The molecule has 0 amide bonds. The maximum Gasteiger partial charge on any atom is 0.132 e. The van der Waals surface area contributed by atoms with E-state index in [-0.39, 0.29) is 11.2 Å². The quantitative estimate of drug-likeness (QED) is 0.445. The summed E-state index contributed by atoms with van der Waals surface area (Å²) in [5, 5.41) is 0.461. The fraction of sp³-hybridized carbons (Fsp3) is 0.467. The normalized spacial score (nSPS) is 19.2. The number of alkyl halides is 1. The van der Waals surface area contributed by atoms with E-state index in [2.05, 4.69) is 36.4 Å². The Hall–Kier alpha value is -0.0900. The Labute approximate surface area is 127 Å². The molecule has 1 aliphatic carbocycles. The van der Waals surface area contributed by atoms with E-state index in [9.17, 15) is 4.39 Å². The number of benzene rings is 1. The molecule has 0 radical (unpaired) electrons. The molecule has 0 saturated heterocycles.